The van der Waals surface area contributed by atoms with Crippen molar-refractivity contribution in [2.24, 2.45) is 0 Å². The molecule has 0 radical (unpaired) electrons. The second-order valence-electron chi connectivity index (χ2n) is 5.08. The van der Waals surface area contributed by atoms with Crippen LogP contribution in [0, 0.1) is 0 Å². The molecule has 2 aromatic heterocycles. The van der Waals surface area contributed by atoms with E-state index in [4.69, 9.17) is 0 Å². The second kappa shape index (κ2) is 5.94. The van der Waals surface area contributed by atoms with E-state index in [9.17, 15) is 4.79 Å². The van der Waals surface area contributed by atoms with Crippen LogP contribution in [0.15, 0.2) is 6.20 Å². The number of aromatic nitrogens is 4. The Bertz CT molecular complexity index is 634. The van der Waals surface area contributed by atoms with Crippen LogP contribution in [-0.4, -0.2) is 45.2 Å². The Labute approximate surface area is 122 Å². The molecule has 0 saturated heterocycles. The molecule has 1 amide bonds. The van der Waals surface area contributed by atoms with Gasteiger partial charge in [-0.05, 0) is 19.8 Å². The van der Waals surface area contributed by atoms with Crippen molar-refractivity contribution >= 4 is 28.7 Å². The first-order valence-electron chi connectivity index (χ1n) is 7.24. The smallest absolute Gasteiger partial charge is 0.226 e. The average molecular weight is 289 g/mol. The molecule has 0 spiro atoms. The van der Waals surface area contributed by atoms with E-state index in [0.29, 0.717) is 36.4 Å². The van der Waals surface area contributed by atoms with Gasteiger partial charge in [0.2, 0.25) is 11.9 Å². The van der Waals surface area contributed by atoms with E-state index in [1.165, 1.54) is 0 Å². The molecule has 3 rings (SSSR count). The fourth-order valence-corrected chi connectivity index (χ4v) is 2.03. The van der Waals surface area contributed by atoms with Gasteiger partial charge in [0.15, 0.2) is 5.65 Å². The minimum Gasteiger partial charge on any atom is -0.369 e. The first-order valence-corrected chi connectivity index (χ1v) is 7.24. The van der Waals surface area contributed by atoms with Crippen LogP contribution in [0.4, 0.5) is 11.8 Å². The maximum absolute atomic E-state index is 11.7. The van der Waals surface area contributed by atoms with Crippen LogP contribution in [-0.2, 0) is 4.79 Å². The van der Waals surface area contributed by atoms with Crippen LogP contribution >= 0.6 is 0 Å². The molecule has 1 saturated carbocycles. The van der Waals surface area contributed by atoms with Gasteiger partial charge in [-0.15, -0.1) is 0 Å². The third-order valence-electron chi connectivity index (χ3n) is 3.23. The third-order valence-corrected chi connectivity index (χ3v) is 3.23. The Morgan fingerprint density at radius 1 is 1.38 bits per heavy atom. The average Bonchev–Trinajstić information content (AvgIpc) is 3.13. The summed E-state index contributed by atoms with van der Waals surface area (Å²) >= 11 is 0. The van der Waals surface area contributed by atoms with Gasteiger partial charge in [0.25, 0.3) is 0 Å². The zero-order valence-electron chi connectivity index (χ0n) is 11.9. The molecule has 2 heterocycles. The van der Waals surface area contributed by atoms with Gasteiger partial charge in [-0.2, -0.15) is 15.1 Å². The molecular weight excluding hydrogens is 270 g/mol. The van der Waals surface area contributed by atoms with Crippen LogP contribution in [0.2, 0.25) is 0 Å². The molecule has 8 heteroatoms. The molecule has 1 aliphatic carbocycles. The van der Waals surface area contributed by atoms with Crippen molar-refractivity contribution in [1.29, 1.82) is 0 Å². The number of aromatic amines is 1. The van der Waals surface area contributed by atoms with E-state index in [1.807, 2.05) is 6.92 Å². The van der Waals surface area contributed by atoms with Gasteiger partial charge in [0.05, 0.1) is 11.6 Å². The minimum atomic E-state index is 0.0781. The number of carbonyl (C=O) groups is 1. The van der Waals surface area contributed by atoms with Gasteiger partial charge in [-0.3, -0.25) is 9.89 Å². The van der Waals surface area contributed by atoms with Gasteiger partial charge in [0.1, 0.15) is 5.82 Å². The van der Waals surface area contributed by atoms with Crippen molar-refractivity contribution in [3.05, 3.63) is 6.20 Å². The van der Waals surface area contributed by atoms with Crippen molar-refractivity contribution in [3.8, 4) is 0 Å². The number of anilines is 2. The molecule has 1 aliphatic rings. The Kier molecular flexibility index (Phi) is 3.85. The summed E-state index contributed by atoms with van der Waals surface area (Å²) in [4.78, 5) is 20.4. The van der Waals surface area contributed by atoms with Crippen LogP contribution in [0.1, 0.15) is 26.2 Å². The lowest BCUT2D eigenvalue weighted by molar-refractivity contribution is -0.120. The Morgan fingerprint density at radius 3 is 3.00 bits per heavy atom. The molecule has 0 atom stereocenters. The zero-order chi connectivity index (χ0) is 14.7. The summed E-state index contributed by atoms with van der Waals surface area (Å²) < 4.78 is 0. The second-order valence-corrected chi connectivity index (χ2v) is 5.08. The molecule has 4 N–H and O–H groups in total. The number of fused-ring (bicyclic) bond motifs is 1. The van der Waals surface area contributed by atoms with E-state index in [2.05, 4.69) is 36.1 Å². The highest BCUT2D eigenvalue weighted by molar-refractivity contribution is 5.87. The Morgan fingerprint density at radius 2 is 2.24 bits per heavy atom. The van der Waals surface area contributed by atoms with E-state index in [-0.39, 0.29) is 5.91 Å². The summed E-state index contributed by atoms with van der Waals surface area (Å²) in [6.07, 6.45) is 4.31. The molecule has 0 unspecified atom stereocenters. The Balaban J connectivity index is 1.64. The van der Waals surface area contributed by atoms with Crippen LogP contribution in [0.5, 0.6) is 0 Å². The highest BCUT2D eigenvalue weighted by atomic mass is 16.1. The fraction of sp³-hybridized carbons (Fsp3) is 0.538. The largest absolute Gasteiger partial charge is 0.369 e. The van der Waals surface area contributed by atoms with Crippen molar-refractivity contribution in [3.63, 3.8) is 0 Å². The summed E-state index contributed by atoms with van der Waals surface area (Å²) in [5.41, 5.74) is 0.672. The summed E-state index contributed by atoms with van der Waals surface area (Å²) in [6.45, 7) is 3.25. The number of H-pyrrole nitrogens is 1. The predicted molar refractivity (Wildman–Crippen MR) is 80.1 cm³/mol. The summed E-state index contributed by atoms with van der Waals surface area (Å²) in [7, 11) is 0. The van der Waals surface area contributed by atoms with Crippen LogP contribution in [0.25, 0.3) is 11.0 Å². The summed E-state index contributed by atoms with van der Waals surface area (Å²) in [5, 5.41) is 16.9. The first kappa shape index (κ1) is 13.6. The first-order chi connectivity index (χ1) is 10.3. The van der Waals surface area contributed by atoms with Gasteiger partial charge in [0, 0.05) is 25.6 Å². The van der Waals surface area contributed by atoms with Gasteiger partial charge >= 0.3 is 0 Å². The summed E-state index contributed by atoms with van der Waals surface area (Å²) in [5.74, 6) is 1.30. The predicted octanol–water partition coefficient (Wildman–Crippen LogP) is 0.865. The number of nitrogens with zero attached hydrogens (tertiary/aromatic N) is 3. The molecule has 21 heavy (non-hydrogen) atoms. The quantitative estimate of drug-likeness (QED) is 0.602. The molecular formula is C13H19N7O. The minimum absolute atomic E-state index is 0.0781. The number of rotatable bonds is 7. The molecule has 2 aromatic rings. The van der Waals surface area contributed by atoms with Crippen LogP contribution in [0.3, 0.4) is 0 Å². The lowest BCUT2D eigenvalue weighted by Crippen LogP contribution is -2.27. The highest BCUT2D eigenvalue weighted by Crippen LogP contribution is 2.20. The summed E-state index contributed by atoms with van der Waals surface area (Å²) in [6, 6.07) is 0.400. The lowest BCUT2D eigenvalue weighted by Gasteiger charge is -2.09. The van der Waals surface area contributed by atoms with E-state index in [1.54, 1.807) is 6.20 Å². The van der Waals surface area contributed by atoms with Gasteiger partial charge < -0.3 is 16.0 Å². The highest BCUT2D eigenvalue weighted by Gasteiger charge is 2.22. The molecule has 112 valence electrons. The number of carbonyl (C=O) groups excluding carboxylic acids is 1. The van der Waals surface area contributed by atoms with E-state index >= 15 is 0 Å². The third kappa shape index (κ3) is 3.39. The standard InChI is InChI=1S/C13H19N7O/c1-2-14-13-18-11(9-7-16-20-12(9)19-13)15-6-5-10(21)17-8-3-4-8/h7-8H,2-6H2,1H3,(H,17,21)(H3,14,15,16,18,19,20). The lowest BCUT2D eigenvalue weighted by atomic mass is 10.3. The topological polar surface area (TPSA) is 108 Å². The number of hydrogen-bond donors (Lipinski definition) is 4. The van der Waals surface area contributed by atoms with Crippen molar-refractivity contribution in [1.82, 2.24) is 25.5 Å². The maximum Gasteiger partial charge on any atom is 0.226 e. The zero-order valence-corrected chi connectivity index (χ0v) is 11.9. The number of hydrogen-bond acceptors (Lipinski definition) is 6. The van der Waals surface area contributed by atoms with E-state index < -0.39 is 0 Å². The van der Waals surface area contributed by atoms with E-state index in [0.717, 1.165) is 24.8 Å². The van der Waals surface area contributed by atoms with Crippen molar-refractivity contribution < 1.29 is 4.79 Å². The van der Waals surface area contributed by atoms with Crippen molar-refractivity contribution in [2.45, 2.75) is 32.2 Å². The molecule has 0 aliphatic heterocycles. The Hall–Kier alpha value is -2.38. The molecule has 0 aromatic carbocycles. The number of amides is 1. The molecule has 1 fully saturated rings. The SMILES string of the molecule is CCNc1nc(NCCC(=O)NC2CC2)c2cn[nH]c2n1. The number of nitrogens with one attached hydrogen (secondary N) is 4. The monoisotopic (exact) mass is 289 g/mol. The maximum atomic E-state index is 11.7. The van der Waals surface area contributed by atoms with Gasteiger partial charge in [-0.1, -0.05) is 0 Å². The van der Waals surface area contributed by atoms with Crippen molar-refractivity contribution in [2.75, 3.05) is 23.7 Å². The molecule has 0 bridgehead atoms. The normalized spacial score (nSPS) is 14.1. The van der Waals surface area contributed by atoms with Gasteiger partial charge in [-0.25, -0.2) is 0 Å². The molecule has 8 nitrogen and oxygen atoms in total. The fourth-order valence-electron chi connectivity index (χ4n) is 2.03. The van der Waals surface area contributed by atoms with Crippen LogP contribution < -0.4 is 16.0 Å².